The van der Waals surface area contributed by atoms with Gasteiger partial charge in [-0.2, -0.15) is 5.10 Å². The molecule has 0 fully saturated rings. The summed E-state index contributed by atoms with van der Waals surface area (Å²) in [6, 6.07) is 9.38. The van der Waals surface area contributed by atoms with Gasteiger partial charge < -0.3 is 10.1 Å². The summed E-state index contributed by atoms with van der Waals surface area (Å²) in [6.45, 7) is 2.33. The molecule has 0 amide bonds. The van der Waals surface area contributed by atoms with E-state index >= 15 is 0 Å². The van der Waals surface area contributed by atoms with Crippen molar-refractivity contribution in [1.82, 2.24) is 15.1 Å². The van der Waals surface area contributed by atoms with E-state index in [-0.39, 0.29) is 11.6 Å². The number of hydrogen-bond acceptors (Lipinski definition) is 4. The summed E-state index contributed by atoms with van der Waals surface area (Å²) < 4.78 is 6.69. The topological polar surface area (TPSA) is 56.2 Å². The minimum Gasteiger partial charge on any atom is -0.497 e. The van der Waals surface area contributed by atoms with Gasteiger partial charge in [-0.05, 0) is 37.2 Å². The van der Waals surface area contributed by atoms with Crippen molar-refractivity contribution in [1.29, 1.82) is 0 Å². The molecule has 5 nitrogen and oxygen atoms in total. The summed E-state index contributed by atoms with van der Waals surface area (Å²) >= 11 is 0. The molecule has 20 heavy (non-hydrogen) atoms. The highest BCUT2D eigenvalue weighted by atomic mass is 16.5. The van der Waals surface area contributed by atoms with Crippen LogP contribution in [-0.4, -0.2) is 23.9 Å². The zero-order chi connectivity index (χ0) is 14.5. The number of methoxy groups -OCH3 is 1. The third kappa shape index (κ3) is 3.24. The van der Waals surface area contributed by atoms with E-state index in [0.29, 0.717) is 6.54 Å². The van der Waals surface area contributed by atoms with E-state index in [0.717, 1.165) is 16.9 Å². The number of likely N-dealkylation sites (N-methyl/N-ethyl adjacent to an activating group) is 1. The SMILES string of the molecule is CNC(Cn1ncc(C)cc1=O)c1cccc(OC)c1. The Morgan fingerprint density at radius 2 is 2.20 bits per heavy atom. The fraction of sp³-hybridized carbons (Fsp3) is 0.333. The second-order valence-corrected chi connectivity index (χ2v) is 4.67. The van der Waals surface area contributed by atoms with E-state index in [9.17, 15) is 4.79 Å². The second kappa shape index (κ2) is 6.34. The van der Waals surface area contributed by atoms with Crippen LogP contribution in [0.3, 0.4) is 0 Å². The Morgan fingerprint density at radius 1 is 1.40 bits per heavy atom. The van der Waals surface area contributed by atoms with Crippen molar-refractivity contribution in [3.05, 3.63) is 58.0 Å². The van der Waals surface area contributed by atoms with Crippen LogP contribution in [0, 0.1) is 6.92 Å². The standard InChI is InChI=1S/C15H19N3O2/c1-11-7-15(19)18(17-9-11)10-14(16-2)12-5-4-6-13(8-12)20-3/h4-9,14,16H,10H2,1-3H3. The molecule has 2 aromatic rings. The van der Waals surface area contributed by atoms with E-state index in [1.54, 1.807) is 19.4 Å². The fourth-order valence-electron chi connectivity index (χ4n) is 2.06. The molecular formula is C15H19N3O2. The Hall–Kier alpha value is -2.14. The van der Waals surface area contributed by atoms with Crippen LogP contribution in [0.15, 0.2) is 41.3 Å². The molecule has 0 saturated carbocycles. The van der Waals surface area contributed by atoms with Crippen LogP contribution >= 0.6 is 0 Å². The first kappa shape index (κ1) is 14.3. The van der Waals surface area contributed by atoms with Crippen molar-refractivity contribution < 1.29 is 4.74 Å². The molecule has 0 aliphatic rings. The minimum atomic E-state index is -0.0897. The highest BCUT2D eigenvalue weighted by Gasteiger charge is 2.12. The number of nitrogens with zero attached hydrogens (tertiary/aromatic N) is 2. The molecule has 1 atom stereocenters. The van der Waals surface area contributed by atoms with Gasteiger partial charge in [-0.1, -0.05) is 12.1 Å². The molecule has 106 valence electrons. The molecule has 1 aromatic carbocycles. The van der Waals surface area contributed by atoms with Crippen LogP contribution in [0.25, 0.3) is 0 Å². The second-order valence-electron chi connectivity index (χ2n) is 4.67. The predicted octanol–water partition coefficient (Wildman–Crippen LogP) is 1.52. The smallest absolute Gasteiger partial charge is 0.267 e. The molecule has 0 bridgehead atoms. The van der Waals surface area contributed by atoms with Crippen LogP contribution in [0.4, 0.5) is 0 Å². The van der Waals surface area contributed by atoms with Gasteiger partial charge in [-0.3, -0.25) is 4.79 Å². The summed E-state index contributed by atoms with van der Waals surface area (Å²) in [4.78, 5) is 11.9. The lowest BCUT2D eigenvalue weighted by atomic mass is 10.1. The van der Waals surface area contributed by atoms with E-state index < -0.39 is 0 Å². The first-order valence-corrected chi connectivity index (χ1v) is 6.49. The summed E-state index contributed by atoms with van der Waals surface area (Å²) in [6.07, 6.45) is 1.69. The van der Waals surface area contributed by atoms with Gasteiger partial charge in [0.25, 0.3) is 5.56 Å². The molecule has 1 heterocycles. The van der Waals surface area contributed by atoms with Gasteiger partial charge in [-0.15, -0.1) is 0 Å². The molecule has 0 aliphatic carbocycles. The van der Waals surface area contributed by atoms with Gasteiger partial charge in [0, 0.05) is 6.07 Å². The van der Waals surface area contributed by atoms with Gasteiger partial charge in [0.15, 0.2) is 0 Å². The number of aryl methyl sites for hydroxylation is 1. The van der Waals surface area contributed by atoms with E-state index in [1.807, 2.05) is 38.2 Å². The normalized spacial score (nSPS) is 12.2. The molecular weight excluding hydrogens is 254 g/mol. The summed E-state index contributed by atoms with van der Waals surface area (Å²) in [5.41, 5.74) is 1.84. The lowest BCUT2D eigenvalue weighted by Gasteiger charge is -2.18. The van der Waals surface area contributed by atoms with Crippen LogP contribution in [0.2, 0.25) is 0 Å². The fourth-order valence-corrected chi connectivity index (χ4v) is 2.06. The number of nitrogens with one attached hydrogen (secondary N) is 1. The quantitative estimate of drug-likeness (QED) is 0.897. The Balaban J connectivity index is 2.26. The molecule has 0 radical (unpaired) electrons. The number of ether oxygens (including phenoxy) is 1. The highest BCUT2D eigenvalue weighted by molar-refractivity contribution is 5.30. The van der Waals surface area contributed by atoms with Crippen LogP contribution < -0.4 is 15.6 Å². The van der Waals surface area contributed by atoms with E-state index in [4.69, 9.17) is 4.74 Å². The van der Waals surface area contributed by atoms with Crippen LogP contribution in [0.5, 0.6) is 5.75 Å². The molecule has 2 rings (SSSR count). The highest BCUT2D eigenvalue weighted by Crippen LogP contribution is 2.19. The third-order valence-electron chi connectivity index (χ3n) is 3.21. The minimum absolute atomic E-state index is 0.00185. The Kier molecular flexibility index (Phi) is 4.53. The lowest BCUT2D eigenvalue weighted by Crippen LogP contribution is -2.30. The van der Waals surface area contributed by atoms with Crippen molar-refractivity contribution in [2.45, 2.75) is 19.5 Å². The lowest BCUT2D eigenvalue weighted by molar-refractivity contribution is 0.410. The molecule has 0 saturated heterocycles. The largest absolute Gasteiger partial charge is 0.497 e. The third-order valence-corrected chi connectivity index (χ3v) is 3.21. The van der Waals surface area contributed by atoms with Crippen molar-refractivity contribution >= 4 is 0 Å². The predicted molar refractivity (Wildman–Crippen MR) is 78.0 cm³/mol. The maximum Gasteiger partial charge on any atom is 0.267 e. The Bertz CT molecular complexity index is 637. The van der Waals surface area contributed by atoms with Crippen LogP contribution in [0.1, 0.15) is 17.2 Å². The first-order valence-electron chi connectivity index (χ1n) is 6.49. The molecule has 5 heteroatoms. The van der Waals surface area contributed by atoms with Crippen LogP contribution in [-0.2, 0) is 6.54 Å². The Labute approximate surface area is 118 Å². The number of benzene rings is 1. The number of hydrogen-bond donors (Lipinski definition) is 1. The van der Waals surface area contributed by atoms with Gasteiger partial charge in [0.2, 0.25) is 0 Å². The average molecular weight is 273 g/mol. The molecule has 0 aliphatic heterocycles. The molecule has 1 N–H and O–H groups in total. The average Bonchev–Trinajstić information content (AvgIpc) is 2.46. The van der Waals surface area contributed by atoms with Gasteiger partial charge in [0.05, 0.1) is 25.9 Å². The summed E-state index contributed by atoms with van der Waals surface area (Å²) in [5.74, 6) is 0.798. The Morgan fingerprint density at radius 3 is 2.85 bits per heavy atom. The molecule has 0 spiro atoms. The van der Waals surface area contributed by atoms with Crippen molar-refractivity contribution in [2.24, 2.45) is 0 Å². The van der Waals surface area contributed by atoms with E-state index in [1.165, 1.54) is 4.68 Å². The number of aromatic nitrogens is 2. The van der Waals surface area contributed by atoms with Crippen molar-refractivity contribution in [3.63, 3.8) is 0 Å². The van der Waals surface area contributed by atoms with E-state index in [2.05, 4.69) is 10.4 Å². The van der Waals surface area contributed by atoms with Gasteiger partial charge in [-0.25, -0.2) is 4.68 Å². The number of rotatable bonds is 5. The van der Waals surface area contributed by atoms with Crippen molar-refractivity contribution in [2.75, 3.05) is 14.2 Å². The van der Waals surface area contributed by atoms with Gasteiger partial charge >= 0.3 is 0 Å². The monoisotopic (exact) mass is 273 g/mol. The maximum atomic E-state index is 11.9. The van der Waals surface area contributed by atoms with Crippen molar-refractivity contribution in [3.8, 4) is 5.75 Å². The summed E-state index contributed by atoms with van der Waals surface area (Å²) in [7, 11) is 3.50. The zero-order valence-corrected chi connectivity index (χ0v) is 12.0. The molecule has 1 unspecified atom stereocenters. The molecule has 1 aromatic heterocycles. The zero-order valence-electron chi connectivity index (χ0n) is 12.0. The summed E-state index contributed by atoms with van der Waals surface area (Å²) in [5, 5.41) is 7.37. The maximum absolute atomic E-state index is 11.9. The first-order chi connectivity index (χ1) is 9.63. The van der Waals surface area contributed by atoms with Gasteiger partial charge in [0.1, 0.15) is 5.75 Å².